The first kappa shape index (κ1) is 18.2. The van der Waals surface area contributed by atoms with Crippen LogP contribution in [0.3, 0.4) is 0 Å². The Morgan fingerprint density at radius 2 is 1.89 bits per heavy atom. The third kappa shape index (κ3) is 2.93. The first-order valence-electron chi connectivity index (χ1n) is 8.60. The summed E-state index contributed by atoms with van der Waals surface area (Å²) in [7, 11) is 2.92. The van der Waals surface area contributed by atoms with Crippen LogP contribution in [0.5, 0.6) is 17.2 Å². The average molecular weight is 400 g/mol. The summed E-state index contributed by atoms with van der Waals surface area (Å²) in [6, 6.07) is 10.7. The Bertz CT molecular complexity index is 1040. The number of aromatic nitrogens is 2. The maximum atomic E-state index is 12.5. The molecule has 0 radical (unpaired) electrons. The van der Waals surface area contributed by atoms with E-state index < -0.39 is 0 Å². The van der Waals surface area contributed by atoms with E-state index >= 15 is 0 Å². The summed E-state index contributed by atoms with van der Waals surface area (Å²) in [5, 5.41) is 13.6. The number of phenolic OH excluding ortho intramolecular Hbond substituents is 1. The summed E-state index contributed by atoms with van der Waals surface area (Å²) in [5.74, 6) is 0.559. The Morgan fingerprint density at radius 3 is 2.54 bits per heavy atom. The lowest BCUT2D eigenvalue weighted by Crippen LogP contribution is -2.25. The molecule has 1 amide bonds. The largest absolute Gasteiger partial charge is 0.502 e. The van der Waals surface area contributed by atoms with Gasteiger partial charge in [-0.1, -0.05) is 23.7 Å². The lowest BCUT2D eigenvalue weighted by atomic mass is 9.89. The van der Waals surface area contributed by atoms with Crippen LogP contribution in [0.25, 0.3) is 5.69 Å². The van der Waals surface area contributed by atoms with E-state index in [1.54, 1.807) is 29.1 Å². The van der Waals surface area contributed by atoms with Crippen molar-refractivity contribution in [3.63, 3.8) is 0 Å². The zero-order chi connectivity index (χ0) is 19.8. The highest BCUT2D eigenvalue weighted by atomic mass is 35.5. The molecule has 0 spiro atoms. The fourth-order valence-electron chi connectivity index (χ4n) is 3.43. The maximum Gasteiger partial charge on any atom is 0.226 e. The van der Waals surface area contributed by atoms with Gasteiger partial charge in [0.2, 0.25) is 11.7 Å². The molecule has 28 heavy (non-hydrogen) atoms. The summed E-state index contributed by atoms with van der Waals surface area (Å²) in [6.07, 6.45) is 1.85. The van der Waals surface area contributed by atoms with E-state index in [9.17, 15) is 9.90 Å². The van der Waals surface area contributed by atoms with Crippen LogP contribution in [-0.2, 0) is 4.79 Å². The van der Waals surface area contributed by atoms with Crippen LogP contribution < -0.4 is 14.8 Å². The number of carbonyl (C=O) groups excluding carboxylic acids is 1. The van der Waals surface area contributed by atoms with Gasteiger partial charge in [-0.3, -0.25) is 9.36 Å². The number of nitrogens with zero attached hydrogens (tertiary/aromatic N) is 2. The van der Waals surface area contributed by atoms with E-state index in [-0.39, 0.29) is 35.5 Å². The highest BCUT2D eigenvalue weighted by molar-refractivity contribution is 6.32. The second kappa shape index (κ2) is 7.09. The molecule has 2 N–H and O–H groups in total. The van der Waals surface area contributed by atoms with Gasteiger partial charge in [0.05, 0.1) is 30.6 Å². The standard InChI is InChI=1S/C20H18ClN3O4/c1-27-15-7-11(8-16(28-2)19(15)26)12-9-17(25)23-20-18(12)22-10-24(20)14-6-4-3-5-13(14)21/h3-8,10,12,26H,9H2,1-2H3,(H,23,25)/t12-/m0/s1. The lowest BCUT2D eigenvalue weighted by Gasteiger charge is -2.24. The highest BCUT2D eigenvalue weighted by Gasteiger charge is 2.32. The fourth-order valence-corrected chi connectivity index (χ4v) is 3.65. The normalized spacial score (nSPS) is 15.7. The predicted molar refractivity (Wildman–Crippen MR) is 105 cm³/mol. The van der Waals surface area contributed by atoms with Gasteiger partial charge in [0.15, 0.2) is 11.5 Å². The maximum absolute atomic E-state index is 12.5. The first-order valence-corrected chi connectivity index (χ1v) is 8.98. The van der Waals surface area contributed by atoms with Crippen molar-refractivity contribution in [1.29, 1.82) is 0 Å². The first-order chi connectivity index (χ1) is 13.5. The second-order valence-electron chi connectivity index (χ2n) is 6.38. The number of aromatic hydroxyl groups is 1. The zero-order valence-electron chi connectivity index (χ0n) is 15.3. The number of ether oxygens (including phenoxy) is 2. The monoisotopic (exact) mass is 399 g/mol. The number of hydrogen-bond donors (Lipinski definition) is 2. The van der Waals surface area contributed by atoms with Crippen LogP contribution >= 0.6 is 11.6 Å². The van der Waals surface area contributed by atoms with Crippen molar-refractivity contribution in [1.82, 2.24) is 9.55 Å². The zero-order valence-corrected chi connectivity index (χ0v) is 16.0. The number of hydrogen-bond acceptors (Lipinski definition) is 5. The predicted octanol–water partition coefficient (Wildman–Crippen LogP) is 3.72. The Hall–Kier alpha value is -3.19. The van der Waals surface area contributed by atoms with Gasteiger partial charge >= 0.3 is 0 Å². The molecule has 8 heteroatoms. The Kier molecular flexibility index (Phi) is 4.60. The van der Waals surface area contributed by atoms with Gasteiger partial charge in [-0.25, -0.2) is 4.98 Å². The molecule has 7 nitrogen and oxygen atoms in total. The van der Waals surface area contributed by atoms with Gasteiger partial charge < -0.3 is 19.9 Å². The number of rotatable bonds is 4. The molecule has 4 rings (SSSR count). The van der Waals surface area contributed by atoms with Gasteiger partial charge in [-0.05, 0) is 29.8 Å². The number of halogens is 1. The van der Waals surface area contributed by atoms with Gasteiger partial charge in [-0.15, -0.1) is 0 Å². The van der Waals surface area contributed by atoms with Crippen molar-refractivity contribution >= 4 is 23.3 Å². The fraction of sp³-hybridized carbons (Fsp3) is 0.200. The van der Waals surface area contributed by atoms with Crippen LogP contribution in [0.2, 0.25) is 5.02 Å². The molecule has 3 aromatic rings. The number of benzene rings is 2. The van der Waals surface area contributed by atoms with E-state index in [1.165, 1.54) is 14.2 Å². The third-order valence-corrected chi connectivity index (χ3v) is 5.11. The number of fused-ring (bicyclic) bond motifs is 1. The van der Waals surface area contributed by atoms with Crippen LogP contribution in [0.1, 0.15) is 23.6 Å². The van der Waals surface area contributed by atoms with Crippen molar-refractivity contribution < 1.29 is 19.4 Å². The van der Waals surface area contributed by atoms with Crippen molar-refractivity contribution in [3.05, 3.63) is 59.0 Å². The number of methoxy groups -OCH3 is 2. The molecule has 0 saturated carbocycles. The molecule has 1 atom stereocenters. The molecular formula is C20H18ClN3O4. The molecule has 1 aliphatic rings. The summed E-state index contributed by atoms with van der Waals surface area (Å²) in [4.78, 5) is 17.0. The van der Waals surface area contributed by atoms with E-state index in [0.29, 0.717) is 16.5 Å². The molecule has 2 aromatic carbocycles. The van der Waals surface area contributed by atoms with Gasteiger partial charge in [0, 0.05) is 12.3 Å². The Labute approximate surface area is 166 Å². The van der Waals surface area contributed by atoms with Crippen molar-refractivity contribution in [2.45, 2.75) is 12.3 Å². The number of carbonyl (C=O) groups is 1. The van der Waals surface area contributed by atoms with Gasteiger partial charge in [0.25, 0.3) is 0 Å². The van der Waals surface area contributed by atoms with Gasteiger partial charge in [0.1, 0.15) is 12.1 Å². The number of imidazole rings is 1. The SMILES string of the molecule is COc1cc([C@@H]2CC(=O)Nc3c2ncn3-c2ccccc2Cl)cc(OC)c1O. The third-order valence-electron chi connectivity index (χ3n) is 4.79. The quantitative estimate of drug-likeness (QED) is 0.698. The van der Waals surface area contributed by atoms with E-state index in [2.05, 4.69) is 10.3 Å². The molecule has 0 saturated heterocycles. The lowest BCUT2D eigenvalue weighted by molar-refractivity contribution is -0.116. The summed E-state index contributed by atoms with van der Waals surface area (Å²) in [5.41, 5.74) is 2.18. The van der Waals surface area contributed by atoms with Crippen molar-refractivity contribution in [2.75, 3.05) is 19.5 Å². The van der Waals surface area contributed by atoms with Crippen LogP contribution in [0.15, 0.2) is 42.7 Å². The molecular weight excluding hydrogens is 382 g/mol. The number of nitrogens with one attached hydrogen (secondary N) is 1. The number of para-hydroxylation sites is 1. The molecule has 1 aliphatic heterocycles. The minimum Gasteiger partial charge on any atom is -0.502 e. The molecule has 0 fully saturated rings. The molecule has 2 heterocycles. The number of anilines is 1. The summed E-state index contributed by atoms with van der Waals surface area (Å²) < 4.78 is 12.3. The Morgan fingerprint density at radius 1 is 1.21 bits per heavy atom. The average Bonchev–Trinajstić information content (AvgIpc) is 3.11. The van der Waals surface area contributed by atoms with Crippen LogP contribution in [0, 0.1) is 0 Å². The summed E-state index contributed by atoms with van der Waals surface area (Å²) in [6.45, 7) is 0. The highest BCUT2D eigenvalue weighted by Crippen LogP contribution is 2.44. The topological polar surface area (TPSA) is 85.6 Å². The molecule has 0 bridgehead atoms. The number of phenols is 1. The van der Waals surface area contributed by atoms with Crippen molar-refractivity contribution in [2.24, 2.45) is 0 Å². The number of amides is 1. The minimum atomic E-state index is -0.323. The smallest absolute Gasteiger partial charge is 0.226 e. The van der Waals surface area contributed by atoms with E-state index in [0.717, 1.165) is 11.3 Å². The molecule has 1 aromatic heterocycles. The van der Waals surface area contributed by atoms with E-state index in [1.807, 2.05) is 18.2 Å². The molecule has 0 unspecified atom stereocenters. The van der Waals surface area contributed by atoms with Gasteiger partial charge in [-0.2, -0.15) is 0 Å². The van der Waals surface area contributed by atoms with Crippen LogP contribution in [-0.4, -0.2) is 34.8 Å². The second-order valence-corrected chi connectivity index (χ2v) is 6.79. The minimum absolute atomic E-state index is 0.0872. The van der Waals surface area contributed by atoms with E-state index in [4.69, 9.17) is 21.1 Å². The molecule has 0 aliphatic carbocycles. The molecule has 144 valence electrons. The Balaban J connectivity index is 1.85. The summed E-state index contributed by atoms with van der Waals surface area (Å²) >= 11 is 6.32. The van der Waals surface area contributed by atoms with Crippen LogP contribution in [0.4, 0.5) is 5.82 Å². The van der Waals surface area contributed by atoms with Crippen molar-refractivity contribution in [3.8, 4) is 22.9 Å².